The van der Waals surface area contributed by atoms with Gasteiger partial charge in [-0.25, -0.2) is 13.1 Å². The molecule has 18 heavy (non-hydrogen) atoms. The molecule has 0 atom stereocenters. The van der Waals surface area contributed by atoms with Crippen LogP contribution in [0.5, 0.6) is 0 Å². The van der Waals surface area contributed by atoms with Gasteiger partial charge in [0.2, 0.25) is 10.0 Å². The van der Waals surface area contributed by atoms with Crippen molar-refractivity contribution in [2.45, 2.75) is 23.8 Å². The highest BCUT2D eigenvalue weighted by Gasteiger charge is 2.25. The van der Waals surface area contributed by atoms with E-state index in [1.807, 2.05) is 7.05 Å². The molecule has 0 aromatic heterocycles. The lowest BCUT2D eigenvalue weighted by Gasteiger charge is -2.15. The third kappa shape index (κ3) is 3.78. The van der Waals surface area contributed by atoms with Crippen molar-refractivity contribution in [2.75, 3.05) is 20.1 Å². The molecule has 100 valence electrons. The summed E-state index contributed by atoms with van der Waals surface area (Å²) in [6.07, 6.45) is 2.46. The second-order valence-electron chi connectivity index (χ2n) is 4.57. The molecular weight excluding hydrogens is 316 g/mol. The standard InChI is InChI=1S/C12H17BrN2O2S/c1-15(11-5-6-11)8-7-14-18(16,17)12-4-2-3-10(13)9-12/h2-4,9,11,14H,5-8H2,1H3. The lowest BCUT2D eigenvalue weighted by Crippen LogP contribution is -2.33. The maximum atomic E-state index is 12.0. The molecule has 0 saturated heterocycles. The Kier molecular flexibility index (Phi) is 4.42. The number of benzene rings is 1. The van der Waals surface area contributed by atoms with Crippen LogP contribution in [-0.4, -0.2) is 39.5 Å². The van der Waals surface area contributed by atoms with E-state index in [2.05, 4.69) is 25.6 Å². The molecule has 0 amide bonds. The molecule has 0 spiro atoms. The van der Waals surface area contributed by atoms with Gasteiger partial charge in [-0.1, -0.05) is 22.0 Å². The number of nitrogens with one attached hydrogen (secondary N) is 1. The van der Waals surface area contributed by atoms with Crippen molar-refractivity contribution in [3.05, 3.63) is 28.7 Å². The van der Waals surface area contributed by atoms with Crippen LogP contribution in [0.1, 0.15) is 12.8 Å². The highest BCUT2D eigenvalue weighted by Crippen LogP contribution is 2.24. The van der Waals surface area contributed by atoms with E-state index < -0.39 is 10.0 Å². The smallest absolute Gasteiger partial charge is 0.240 e. The van der Waals surface area contributed by atoms with E-state index in [0.717, 1.165) is 11.0 Å². The van der Waals surface area contributed by atoms with Crippen molar-refractivity contribution in [2.24, 2.45) is 0 Å². The Balaban J connectivity index is 1.90. The number of nitrogens with zero attached hydrogens (tertiary/aromatic N) is 1. The molecular formula is C12H17BrN2O2S. The molecule has 1 aromatic rings. The van der Waals surface area contributed by atoms with Gasteiger partial charge in [0.05, 0.1) is 4.90 Å². The Morgan fingerprint density at radius 3 is 2.78 bits per heavy atom. The highest BCUT2D eigenvalue weighted by molar-refractivity contribution is 9.10. The number of hydrogen-bond donors (Lipinski definition) is 1. The maximum Gasteiger partial charge on any atom is 0.240 e. The number of sulfonamides is 1. The van der Waals surface area contributed by atoms with E-state index in [-0.39, 0.29) is 0 Å². The van der Waals surface area contributed by atoms with Crippen LogP contribution in [0.25, 0.3) is 0 Å². The molecule has 0 radical (unpaired) electrons. The maximum absolute atomic E-state index is 12.0. The van der Waals surface area contributed by atoms with Gasteiger partial charge in [-0.05, 0) is 38.1 Å². The van der Waals surface area contributed by atoms with E-state index in [1.54, 1.807) is 24.3 Å². The summed E-state index contributed by atoms with van der Waals surface area (Å²) in [4.78, 5) is 2.50. The van der Waals surface area contributed by atoms with Gasteiger partial charge in [-0.2, -0.15) is 0 Å². The lowest BCUT2D eigenvalue weighted by molar-refractivity contribution is 0.329. The van der Waals surface area contributed by atoms with E-state index in [1.165, 1.54) is 12.8 Å². The van der Waals surface area contributed by atoms with Gasteiger partial charge >= 0.3 is 0 Å². The molecule has 1 aliphatic carbocycles. The Labute approximate surface area is 117 Å². The molecule has 1 N–H and O–H groups in total. The molecule has 0 aliphatic heterocycles. The fraction of sp³-hybridized carbons (Fsp3) is 0.500. The Morgan fingerprint density at radius 1 is 1.44 bits per heavy atom. The molecule has 0 bridgehead atoms. The number of likely N-dealkylation sites (N-methyl/N-ethyl adjacent to an activating group) is 1. The minimum Gasteiger partial charge on any atom is -0.302 e. The summed E-state index contributed by atoms with van der Waals surface area (Å²) < 4.78 is 27.4. The summed E-state index contributed by atoms with van der Waals surface area (Å²) in [5, 5.41) is 0. The number of rotatable bonds is 6. The molecule has 2 rings (SSSR count). The zero-order chi connectivity index (χ0) is 13.2. The first-order valence-electron chi connectivity index (χ1n) is 5.94. The Morgan fingerprint density at radius 2 is 2.17 bits per heavy atom. The first-order chi connectivity index (χ1) is 8.49. The average Bonchev–Trinajstić information content (AvgIpc) is 3.12. The second-order valence-corrected chi connectivity index (χ2v) is 7.25. The van der Waals surface area contributed by atoms with E-state index >= 15 is 0 Å². The van der Waals surface area contributed by atoms with Crippen LogP contribution in [0.4, 0.5) is 0 Å². The first kappa shape index (κ1) is 14.0. The van der Waals surface area contributed by atoms with Crippen LogP contribution in [0.3, 0.4) is 0 Å². The predicted octanol–water partition coefficient (Wildman–Crippen LogP) is 1.82. The molecule has 4 nitrogen and oxygen atoms in total. The van der Waals surface area contributed by atoms with Gasteiger partial charge in [0, 0.05) is 23.6 Å². The zero-order valence-corrected chi connectivity index (χ0v) is 12.7. The summed E-state index contributed by atoms with van der Waals surface area (Å²) in [7, 11) is -1.36. The minimum absolute atomic E-state index is 0.297. The van der Waals surface area contributed by atoms with E-state index in [0.29, 0.717) is 17.5 Å². The van der Waals surface area contributed by atoms with E-state index in [4.69, 9.17) is 0 Å². The van der Waals surface area contributed by atoms with Gasteiger partial charge in [0.25, 0.3) is 0 Å². The average molecular weight is 333 g/mol. The highest BCUT2D eigenvalue weighted by atomic mass is 79.9. The molecule has 1 aliphatic rings. The number of halogens is 1. The van der Waals surface area contributed by atoms with Gasteiger partial charge in [0.1, 0.15) is 0 Å². The predicted molar refractivity (Wildman–Crippen MR) is 75.0 cm³/mol. The van der Waals surface area contributed by atoms with Crippen LogP contribution < -0.4 is 4.72 Å². The summed E-state index contributed by atoms with van der Waals surface area (Å²) >= 11 is 3.27. The van der Waals surface area contributed by atoms with E-state index in [9.17, 15) is 8.42 Å². The van der Waals surface area contributed by atoms with Crippen LogP contribution in [0, 0.1) is 0 Å². The summed E-state index contributed by atoms with van der Waals surface area (Å²) in [5.41, 5.74) is 0. The van der Waals surface area contributed by atoms with Crippen molar-refractivity contribution < 1.29 is 8.42 Å². The molecule has 6 heteroatoms. The van der Waals surface area contributed by atoms with Gasteiger partial charge in [0.15, 0.2) is 0 Å². The van der Waals surface area contributed by atoms with Crippen LogP contribution in [0.2, 0.25) is 0 Å². The molecule has 1 aromatic carbocycles. The monoisotopic (exact) mass is 332 g/mol. The van der Waals surface area contributed by atoms with Gasteiger partial charge in [-0.3, -0.25) is 0 Å². The summed E-state index contributed by atoms with van der Waals surface area (Å²) in [6.45, 7) is 1.19. The van der Waals surface area contributed by atoms with Crippen LogP contribution in [-0.2, 0) is 10.0 Å². The van der Waals surface area contributed by atoms with Crippen LogP contribution in [0.15, 0.2) is 33.6 Å². The quantitative estimate of drug-likeness (QED) is 0.864. The fourth-order valence-electron chi connectivity index (χ4n) is 1.77. The summed E-state index contributed by atoms with van der Waals surface area (Å²) in [5.74, 6) is 0. The largest absolute Gasteiger partial charge is 0.302 e. The van der Waals surface area contributed by atoms with Crippen molar-refractivity contribution >= 4 is 26.0 Å². The zero-order valence-electron chi connectivity index (χ0n) is 10.3. The topological polar surface area (TPSA) is 49.4 Å². The lowest BCUT2D eigenvalue weighted by atomic mass is 10.4. The third-order valence-electron chi connectivity index (χ3n) is 3.03. The van der Waals surface area contributed by atoms with Gasteiger partial charge < -0.3 is 4.90 Å². The molecule has 1 saturated carbocycles. The van der Waals surface area contributed by atoms with Crippen molar-refractivity contribution in [3.63, 3.8) is 0 Å². The summed E-state index contributed by atoms with van der Waals surface area (Å²) in [6, 6.07) is 7.37. The van der Waals surface area contributed by atoms with Crippen LogP contribution >= 0.6 is 15.9 Å². The fourth-order valence-corrected chi connectivity index (χ4v) is 3.39. The Bertz CT molecular complexity index is 515. The van der Waals surface area contributed by atoms with Crippen molar-refractivity contribution in [1.29, 1.82) is 0 Å². The number of hydrogen-bond acceptors (Lipinski definition) is 3. The third-order valence-corrected chi connectivity index (χ3v) is 4.99. The SMILES string of the molecule is CN(CCNS(=O)(=O)c1cccc(Br)c1)C1CC1. The minimum atomic E-state index is -3.39. The van der Waals surface area contributed by atoms with Gasteiger partial charge in [-0.15, -0.1) is 0 Å². The Hall–Kier alpha value is -0.430. The molecule has 1 fully saturated rings. The first-order valence-corrected chi connectivity index (χ1v) is 8.22. The molecule has 0 heterocycles. The second kappa shape index (κ2) is 5.69. The van der Waals surface area contributed by atoms with Crippen molar-refractivity contribution in [1.82, 2.24) is 9.62 Å². The normalized spacial score (nSPS) is 16.2. The molecule has 0 unspecified atom stereocenters. The van der Waals surface area contributed by atoms with Crippen molar-refractivity contribution in [3.8, 4) is 0 Å².